The van der Waals surface area contributed by atoms with Gasteiger partial charge in [-0.3, -0.25) is 9.59 Å². The molecule has 136 valence electrons. The van der Waals surface area contributed by atoms with Crippen molar-refractivity contribution in [2.75, 3.05) is 0 Å². The quantitative estimate of drug-likeness (QED) is 0.442. The van der Waals surface area contributed by atoms with Crippen LogP contribution in [0.2, 0.25) is 0 Å². The summed E-state index contributed by atoms with van der Waals surface area (Å²) in [4.78, 5) is 25.5. The molecular weight excluding hydrogens is 395 g/mol. The highest BCUT2D eigenvalue weighted by molar-refractivity contribution is 8.02. The molecule has 2 aromatic carbocycles. The van der Waals surface area contributed by atoms with Crippen LogP contribution in [0.25, 0.3) is 10.8 Å². The summed E-state index contributed by atoms with van der Waals surface area (Å²) in [5, 5.41) is 1.85. The summed E-state index contributed by atoms with van der Waals surface area (Å²) in [5.41, 5.74) is -6.09. The molecule has 0 radical (unpaired) electrons. The van der Waals surface area contributed by atoms with Crippen LogP contribution in [0.4, 0.5) is 13.2 Å². The highest BCUT2D eigenvalue weighted by Crippen LogP contribution is 2.37. The van der Waals surface area contributed by atoms with E-state index >= 15 is 0 Å². The van der Waals surface area contributed by atoms with E-state index in [0.29, 0.717) is 10.3 Å². The van der Waals surface area contributed by atoms with Crippen molar-refractivity contribution in [3.05, 3.63) is 53.4 Å². The molecule has 26 heavy (non-hydrogen) atoms. The van der Waals surface area contributed by atoms with Crippen molar-refractivity contribution in [3.8, 4) is 0 Å². The second-order valence-electron chi connectivity index (χ2n) is 5.00. The van der Waals surface area contributed by atoms with E-state index in [2.05, 4.69) is 10.9 Å². The van der Waals surface area contributed by atoms with E-state index in [1.54, 1.807) is 6.07 Å². The Bertz CT molecular complexity index is 1040. The van der Waals surface area contributed by atoms with Crippen LogP contribution in [-0.4, -0.2) is 30.8 Å². The van der Waals surface area contributed by atoms with E-state index in [-0.39, 0.29) is 21.6 Å². The summed E-state index contributed by atoms with van der Waals surface area (Å²) in [6.07, 6.45) is 0. The number of benzene rings is 2. The van der Waals surface area contributed by atoms with Gasteiger partial charge >= 0.3 is 15.6 Å². The molecule has 11 heteroatoms. The first-order valence-electron chi connectivity index (χ1n) is 6.81. The number of imide groups is 1. The van der Waals surface area contributed by atoms with Crippen LogP contribution in [-0.2, 0) is 14.4 Å². The Morgan fingerprint density at radius 3 is 2.27 bits per heavy atom. The fraction of sp³-hybridized carbons (Fsp3) is 0.0667. The molecule has 0 aromatic heterocycles. The topological polar surface area (TPSA) is 80.8 Å². The van der Waals surface area contributed by atoms with E-state index in [1.807, 2.05) is 0 Å². The van der Waals surface area contributed by atoms with Gasteiger partial charge in [0, 0.05) is 10.3 Å². The standard InChI is InChI=1S/C15H8F3NO5S2/c1-2-25-11-7-6-10-12-8(11)4-3-5-9(12)13(20)19(14(10)21)24-26(22,23)15(16,17)18/h2-7H,1H2. The number of hydroxylamine groups is 2. The highest BCUT2D eigenvalue weighted by Gasteiger charge is 2.51. The molecule has 0 saturated carbocycles. The maximum Gasteiger partial charge on any atom is 0.525 e. The van der Waals surface area contributed by atoms with Crippen LogP contribution in [0.5, 0.6) is 0 Å². The van der Waals surface area contributed by atoms with E-state index in [1.165, 1.54) is 41.4 Å². The van der Waals surface area contributed by atoms with Gasteiger partial charge in [0.05, 0.1) is 11.1 Å². The molecule has 0 aliphatic carbocycles. The van der Waals surface area contributed by atoms with Gasteiger partial charge in [-0.1, -0.05) is 30.5 Å². The van der Waals surface area contributed by atoms with Crippen LogP contribution >= 0.6 is 11.8 Å². The molecule has 0 saturated heterocycles. The predicted molar refractivity (Wildman–Crippen MR) is 86.6 cm³/mol. The van der Waals surface area contributed by atoms with E-state index in [0.717, 1.165) is 0 Å². The molecule has 0 fully saturated rings. The Kier molecular flexibility index (Phi) is 4.33. The van der Waals surface area contributed by atoms with Gasteiger partial charge in [-0.25, -0.2) is 0 Å². The Morgan fingerprint density at radius 1 is 1.08 bits per heavy atom. The minimum absolute atomic E-state index is 0.152. The summed E-state index contributed by atoms with van der Waals surface area (Å²) >= 11 is 1.23. The second-order valence-corrected chi connectivity index (χ2v) is 7.53. The first-order chi connectivity index (χ1) is 12.1. The minimum atomic E-state index is -6.18. The average Bonchev–Trinajstić information content (AvgIpc) is 2.56. The summed E-state index contributed by atoms with van der Waals surface area (Å²) < 4.78 is 63.8. The van der Waals surface area contributed by atoms with Gasteiger partial charge in [-0.15, -0.1) is 9.35 Å². The van der Waals surface area contributed by atoms with Crippen molar-refractivity contribution in [3.63, 3.8) is 0 Å². The van der Waals surface area contributed by atoms with Gasteiger partial charge < -0.3 is 0 Å². The number of rotatable bonds is 4. The fourth-order valence-corrected chi connectivity index (χ4v) is 3.49. The number of thioether (sulfide) groups is 1. The van der Waals surface area contributed by atoms with Crippen molar-refractivity contribution < 1.29 is 35.5 Å². The Balaban J connectivity index is 2.17. The zero-order valence-electron chi connectivity index (χ0n) is 12.6. The first-order valence-corrected chi connectivity index (χ1v) is 9.10. The van der Waals surface area contributed by atoms with E-state index in [4.69, 9.17) is 0 Å². The molecule has 0 atom stereocenters. The third kappa shape index (κ3) is 2.77. The minimum Gasteiger partial charge on any atom is -0.266 e. The van der Waals surface area contributed by atoms with Crippen LogP contribution in [0.15, 0.2) is 47.2 Å². The van der Waals surface area contributed by atoms with Crippen molar-refractivity contribution in [1.29, 1.82) is 0 Å². The van der Waals surface area contributed by atoms with Gasteiger partial charge in [0.15, 0.2) is 0 Å². The lowest BCUT2D eigenvalue weighted by Gasteiger charge is -2.26. The number of carbonyl (C=O) groups is 2. The smallest absolute Gasteiger partial charge is 0.266 e. The molecule has 0 bridgehead atoms. The van der Waals surface area contributed by atoms with Crippen molar-refractivity contribution >= 4 is 44.5 Å². The molecule has 0 spiro atoms. The Morgan fingerprint density at radius 2 is 1.69 bits per heavy atom. The van der Waals surface area contributed by atoms with Crippen LogP contribution in [0.1, 0.15) is 20.7 Å². The molecule has 6 nitrogen and oxygen atoms in total. The number of carbonyl (C=O) groups excluding carboxylic acids is 2. The predicted octanol–water partition coefficient (Wildman–Crippen LogP) is 3.45. The lowest BCUT2D eigenvalue weighted by atomic mass is 9.95. The van der Waals surface area contributed by atoms with Crippen LogP contribution in [0.3, 0.4) is 0 Å². The molecule has 1 heterocycles. The second kappa shape index (κ2) is 6.11. The number of amides is 2. The van der Waals surface area contributed by atoms with E-state index in [9.17, 15) is 31.2 Å². The summed E-state index contributed by atoms with van der Waals surface area (Å²) in [6.45, 7) is 3.57. The van der Waals surface area contributed by atoms with Crippen molar-refractivity contribution in [1.82, 2.24) is 5.06 Å². The summed E-state index contributed by atoms with van der Waals surface area (Å²) in [6, 6.07) is 7.14. The normalized spacial score (nSPS) is 14.8. The first kappa shape index (κ1) is 18.4. The van der Waals surface area contributed by atoms with Crippen LogP contribution < -0.4 is 0 Å². The van der Waals surface area contributed by atoms with Gasteiger partial charge in [0.1, 0.15) is 0 Å². The number of hydrogen-bond donors (Lipinski definition) is 0. The maximum absolute atomic E-state index is 12.5. The fourth-order valence-electron chi connectivity index (χ4n) is 2.45. The lowest BCUT2D eigenvalue weighted by Crippen LogP contribution is -2.44. The third-order valence-corrected chi connectivity index (χ3v) is 5.19. The number of nitrogens with zero attached hydrogens (tertiary/aromatic N) is 1. The zero-order valence-corrected chi connectivity index (χ0v) is 14.2. The number of hydrogen-bond acceptors (Lipinski definition) is 6. The average molecular weight is 403 g/mol. The zero-order chi connectivity index (χ0) is 19.3. The highest BCUT2D eigenvalue weighted by atomic mass is 32.2. The lowest BCUT2D eigenvalue weighted by molar-refractivity contribution is -0.0761. The number of alkyl halides is 3. The van der Waals surface area contributed by atoms with E-state index < -0.39 is 27.4 Å². The van der Waals surface area contributed by atoms with Gasteiger partial charge in [-0.2, -0.15) is 21.6 Å². The van der Waals surface area contributed by atoms with Crippen LogP contribution in [0, 0.1) is 0 Å². The van der Waals surface area contributed by atoms with Crippen molar-refractivity contribution in [2.45, 2.75) is 10.4 Å². The Hall–Kier alpha value is -2.37. The SMILES string of the molecule is C=CSc1ccc2c3c(cccc13)C(=O)N(OS(=O)(=O)C(F)(F)F)C2=O. The van der Waals surface area contributed by atoms with Gasteiger partial charge in [0.25, 0.3) is 11.8 Å². The third-order valence-electron chi connectivity index (χ3n) is 3.50. The van der Waals surface area contributed by atoms with Gasteiger partial charge in [-0.05, 0) is 29.0 Å². The molecule has 2 amide bonds. The summed E-state index contributed by atoms with van der Waals surface area (Å²) in [5.74, 6) is -2.61. The summed E-state index contributed by atoms with van der Waals surface area (Å²) in [7, 11) is -6.18. The largest absolute Gasteiger partial charge is 0.525 e. The molecule has 2 aromatic rings. The number of halogens is 3. The molecular formula is C15H8F3NO5S2. The molecule has 0 N–H and O–H groups in total. The monoisotopic (exact) mass is 403 g/mol. The molecule has 3 rings (SSSR count). The van der Waals surface area contributed by atoms with Crippen molar-refractivity contribution in [2.24, 2.45) is 0 Å². The molecule has 1 aliphatic rings. The Labute approximate surface area is 149 Å². The maximum atomic E-state index is 12.5. The molecule has 1 aliphatic heterocycles. The van der Waals surface area contributed by atoms with Gasteiger partial charge in [0.2, 0.25) is 0 Å². The molecule has 0 unspecified atom stereocenters.